The Morgan fingerprint density at radius 3 is 2.57 bits per heavy atom. The number of fused-ring (bicyclic) bond motifs is 1. The van der Waals surface area contributed by atoms with Gasteiger partial charge in [-0.2, -0.15) is 4.98 Å². The first-order valence-corrected chi connectivity index (χ1v) is 10.1. The molecule has 2 aromatic heterocycles. The molecule has 0 unspecified atom stereocenters. The van der Waals surface area contributed by atoms with E-state index in [9.17, 15) is 4.79 Å². The van der Waals surface area contributed by atoms with E-state index in [4.69, 9.17) is 0 Å². The van der Waals surface area contributed by atoms with Crippen molar-refractivity contribution in [2.75, 3.05) is 6.54 Å². The minimum absolute atomic E-state index is 0.0356. The van der Waals surface area contributed by atoms with Crippen LogP contribution in [0.1, 0.15) is 32.1 Å². The molecule has 0 fully saturated rings. The summed E-state index contributed by atoms with van der Waals surface area (Å²) < 4.78 is 1.90. The van der Waals surface area contributed by atoms with Crippen molar-refractivity contribution in [3.05, 3.63) is 75.8 Å². The van der Waals surface area contributed by atoms with Gasteiger partial charge >= 0.3 is 0 Å². The normalized spacial score (nSPS) is 11.1. The second-order valence-electron chi connectivity index (χ2n) is 6.91. The fraction of sp³-hybridized carbons (Fsp3) is 0.227. The van der Waals surface area contributed by atoms with Gasteiger partial charge < -0.3 is 5.32 Å². The van der Waals surface area contributed by atoms with E-state index in [0.29, 0.717) is 12.1 Å². The molecule has 4 rings (SSSR count). The minimum atomic E-state index is -0.0356. The highest BCUT2D eigenvalue weighted by Crippen LogP contribution is 2.25. The van der Waals surface area contributed by atoms with Crippen LogP contribution < -0.4 is 5.32 Å². The van der Waals surface area contributed by atoms with Crippen LogP contribution in [0.2, 0.25) is 0 Å². The van der Waals surface area contributed by atoms with E-state index in [0.717, 1.165) is 34.0 Å². The van der Waals surface area contributed by atoms with Crippen LogP contribution in [-0.2, 0) is 6.42 Å². The Balaban J connectivity index is 1.43. The predicted octanol–water partition coefficient (Wildman–Crippen LogP) is 4.36. The molecule has 5 nitrogen and oxygen atoms in total. The van der Waals surface area contributed by atoms with Gasteiger partial charge in [-0.15, -0.1) is 5.10 Å². The third kappa shape index (κ3) is 3.55. The molecule has 1 amide bonds. The number of hydrogen-bond acceptors (Lipinski definition) is 4. The maximum atomic E-state index is 12.4. The first kappa shape index (κ1) is 18.4. The molecule has 0 saturated heterocycles. The maximum absolute atomic E-state index is 12.4. The molecule has 0 spiro atoms. The summed E-state index contributed by atoms with van der Waals surface area (Å²) in [6, 6.07) is 15.8. The minimum Gasteiger partial charge on any atom is -0.352 e. The zero-order valence-electron chi connectivity index (χ0n) is 16.2. The lowest BCUT2D eigenvalue weighted by atomic mass is 10.1. The number of hydrogen-bond donors (Lipinski definition) is 1. The molecule has 0 aliphatic heterocycles. The Bertz CT molecular complexity index is 1140. The monoisotopic (exact) mass is 390 g/mol. The van der Waals surface area contributed by atoms with Crippen LogP contribution in [0.3, 0.4) is 0 Å². The fourth-order valence-corrected chi connectivity index (χ4v) is 4.16. The number of aryl methyl sites for hydroxylation is 3. The topological polar surface area (TPSA) is 59.3 Å². The van der Waals surface area contributed by atoms with Crippen molar-refractivity contribution in [2.45, 2.75) is 27.2 Å². The molecule has 0 aliphatic rings. The summed E-state index contributed by atoms with van der Waals surface area (Å²) in [5.41, 5.74) is 5.12. The van der Waals surface area contributed by atoms with Crippen LogP contribution in [0.5, 0.6) is 0 Å². The van der Waals surface area contributed by atoms with E-state index in [1.165, 1.54) is 10.4 Å². The van der Waals surface area contributed by atoms with Gasteiger partial charge in [0.05, 0.1) is 5.69 Å². The second kappa shape index (κ2) is 7.56. The van der Waals surface area contributed by atoms with Crippen molar-refractivity contribution in [3.8, 4) is 11.4 Å². The van der Waals surface area contributed by atoms with E-state index in [-0.39, 0.29) is 5.91 Å². The SMILES string of the molecule is Cc1ccc(C(=O)NCCc2sc3nc(-c4ccccc4)nn3c2C)cc1C. The predicted molar refractivity (Wildman–Crippen MR) is 113 cm³/mol. The van der Waals surface area contributed by atoms with Crippen LogP contribution >= 0.6 is 11.3 Å². The van der Waals surface area contributed by atoms with Gasteiger partial charge in [-0.1, -0.05) is 47.7 Å². The molecule has 2 aromatic carbocycles. The number of carbonyl (C=O) groups excluding carboxylic acids is 1. The summed E-state index contributed by atoms with van der Waals surface area (Å²) in [6.07, 6.45) is 0.763. The highest BCUT2D eigenvalue weighted by atomic mass is 32.1. The lowest BCUT2D eigenvalue weighted by Gasteiger charge is -2.07. The largest absolute Gasteiger partial charge is 0.352 e. The molecule has 0 aliphatic carbocycles. The Morgan fingerprint density at radius 2 is 1.86 bits per heavy atom. The number of carbonyl (C=O) groups is 1. The van der Waals surface area contributed by atoms with E-state index >= 15 is 0 Å². The third-order valence-electron chi connectivity index (χ3n) is 4.95. The zero-order chi connectivity index (χ0) is 19.7. The molecule has 0 atom stereocenters. The number of benzene rings is 2. The molecule has 6 heteroatoms. The summed E-state index contributed by atoms with van der Waals surface area (Å²) in [7, 11) is 0. The summed E-state index contributed by atoms with van der Waals surface area (Å²) >= 11 is 1.63. The summed E-state index contributed by atoms with van der Waals surface area (Å²) in [5, 5.41) is 7.65. The van der Waals surface area contributed by atoms with Crippen molar-refractivity contribution in [1.82, 2.24) is 19.9 Å². The first-order valence-electron chi connectivity index (χ1n) is 9.29. The van der Waals surface area contributed by atoms with Crippen LogP contribution in [-0.4, -0.2) is 27.0 Å². The van der Waals surface area contributed by atoms with Gasteiger partial charge in [0.25, 0.3) is 5.91 Å². The highest BCUT2D eigenvalue weighted by Gasteiger charge is 2.14. The number of aromatic nitrogens is 3. The molecular weight excluding hydrogens is 368 g/mol. The lowest BCUT2D eigenvalue weighted by molar-refractivity contribution is 0.0954. The van der Waals surface area contributed by atoms with Crippen molar-refractivity contribution in [3.63, 3.8) is 0 Å². The molecular formula is C22H22N4OS. The smallest absolute Gasteiger partial charge is 0.251 e. The van der Waals surface area contributed by atoms with Gasteiger partial charge in [0.15, 0.2) is 5.82 Å². The summed E-state index contributed by atoms with van der Waals surface area (Å²) in [6.45, 7) is 6.70. The number of rotatable bonds is 5. The average molecular weight is 391 g/mol. The number of thiazole rings is 1. The standard InChI is InChI=1S/C22H22N4OS/c1-14-9-10-18(13-15(14)2)21(27)23-12-11-19-16(3)26-22(28-19)24-20(25-26)17-7-5-4-6-8-17/h4-10,13H,11-12H2,1-3H3,(H,23,27). The van der Waals surface area contributed by atoms with E-state index in [1.807, 2.05) is 73.8 Å². The second-order valence-corrected chi connectivity index (χ2v) is 7.97. The molecule has 28 heavy (non-hydrogen) atoms. The third-order valence-corrected chi connectivity index (χ3v) is 6.14. The van der Waals surface area contributed by atoms with Crippen molar-refractivity contribution >= 4 is 22.2 Å². The summed E-state index contributed by atoms with van der Waals surface area (Å²) in [4.78, 5) is 19.1. The van der Waals surface area contributed by atoms with E-state index in [2.05, 4.69) is 15.4 Å². The molecule has 0 radical (unpaired) electrons. The molecule has 4 aromatic rings. The number of nitrogens with zero attached hydrogens (tertiary/aromatic N) is 3. The van der Waals surface area contributed by atoms with Gasteiger partial charge in [0.1, 0.15) is 0 Å². The van der Waals surface area contributed by atoms with Gasteiger partial charge in [0.2, 0.25) is 4.96 Å². The van der Waals surface area contributed by atoms with Crippen LogP contribution in [0.25, 0.3) is 16.3 Å². The van der Waals surface area contributed by atoms with Crippen molar-refractivity contribution in [2.24, 2.45) is 0 Å². The van der Waals surface area contributed by atoms with Gasteiger partial charge in [-0.05, 0) is 44.0 Å². The Labute approximate surface area is 168 Å². The van der Waals surface area contributed by atoms with Crippen LogP contribution in [0.4, 0.5) is 0 Å². The first-order chi connectivity index (χ1) is 13.5. The van der Waals surface area contributed by atoms with Crippen molar-refractivity contribution < 1.29 is 4.79 Å². The van der Waals surface area contributed by atoms with Gasteiger partial charge in [0, 0.05) is 29.0 Å². The summed E-state index contributed by atoms with van der Waals surface area (Å²) in [5.74, 6) is 0.705. The Hall–Kier alpha value is -2.99. The van der Waals surface area contributed by atoms with E-state index < -0.39 is 0 Å². The quantitative estimate of drug-likeness (QED) is 0.551. The highest BCUT2D eigenvalue weighted by molar-refractivity contribution is 7.17. The van der Waals surface area contributed by atoms with Gasteiger partial charge in [-0.3, -0.25) is 4.79 Å². The lowest BCUT2D eigenvalue weighted by Crippen LogP contribution is -2.25. The maximum Gasteiger partial charge on any atom is 0.251 e. The molecule has 142 valence electrons. The van der Waals surface area contributed by atoms with Crippen LogP contribution in [0.15, 0.2) is 48.5 Å². The van der Waals surface area contributed by atoms with Crippen molar-refractivity contribution in [1.29, 1.82) is 0 Å². The Morgan fingerprint density at radius 1 is 1.07 bits per heavy atom. The number of nitrogens with one attached hydrogen (secondary N) is 1. The Kier molecular flexibility index (Phi) is 4.96. The molecule has 2 heterocycles. The molecule has 0 saturated carbocycles. The van der Waals surface area contributed by atoms with E-state index in [1.54, 1.807) is 11.3 Å². The van der Waals surface area contributed by atoms with Gasteiger partial charge in [-0.25, -0.2) is 4.52 Å². The zero-order valence-corrected chi connectivity index (χ0v) is 17.0. The average Bonchev–Trinajstić information content (AvgIpc) is 3.24. The fourth-order valence-electron chi connectivity index (χ4n) is 3.10. The molecule has 0 bridgehead atoms. The van der Waals surface area contributed by atoms with Crippen LogP contribution in [0, 0.1) is 20.8 Å². The number of amides is 1. The molecule has 1 N–H and O–H groups in total.